The number of nitrogens with zero attached hydrogens (tertiary/aromatic N) is 3. The minimum absolute atomic E-state index is 0.0515. The molecule has 0 N–H and O–H groups in total. The summed E-state index contributed by atoms with van der Waals surface area (Å²) in [7, 11) is -3.09. The molecular formula is C13H19N3O4S2. The van der Waals surface area contributed by atoms with Crippen LogP contribution < -0.4 is 0 Å². The lowest BCUT2D eigenvalue weighted by molar-refractivity contribution is -0.134. The molecule has 1 unspecified atom stereocenters. The van der Waals surface area contributed by atoms with Gasteiger partial charge in [0.1, 0.15) is 5.71 Å². The lowest BCUT2D eigenvalue weighted by atomic mass is 10.1. The van der Waals surface area contributed by atoms with Gasteiger partial charge in [-0.2, -0.15) is 16.9 Å². The first-order chi connectivity index (χ1) is 10.5. The first-order valence-electron chi connectivity index (χ1n) is 7.43. The Morgan fingerprint density at radius 3 is 2.59 bits per heavy atom. The highest BCUT2D eigenvalue weighted by atomic mass is 32.2. The van der Waals surface area contributed by atoms with Gasteiger partial charge >= 0.3 is 0 Å². The molecule has 0 aromatic heterocycles. The third-order valence-corrected chi connectivity index (χ3v) is 6.85. The van der Waals surface area contributed by atoms with Crippen molar-refractivity contribution < 1.29 is 18.0 Å². The number of carbonyl (C=O) groups is 2. The molecular weight excluding hydrogens is 326 g/mol. The fraction of sp³-hybridized carbons (Fsp3) is 0.769. The van der Waals surface area contributed by atoms with Gasteiger partial charge in [-0.25, -0.2) is 13.4 Å². The fourth-order valence-corrected chi connectivity index (χ4v) is 5.52. The molecule has 0 radical (unpaired) electrons. The van der Waals surface area contributed by atoms with Crippen LogP contribution in [0.2, 0.25) is 0 Å². The van der Waals surface area contributed by atoms with E-state index in [1.54, 1.807) is 4.90 Å². The van der Waals surface area contributed by atoms with Gasteiger partial charge in [-0.05, 0) is 6.42 Å². The first kappa shape index (κ1) is 15.8. The second-order valence-electron chi connectivity index (χ2n) is 5.75. The van der Waals surface area contributed by atoms with E-state index in [2.05, 4.69) is 5.10 Å². The molecule has 0 saturated carbocycles. The third kappa shape index (κ3) is 3.29. The number of hydrazone groups is 1. The number of sulfone groups is 1. The van der Waals surface area contributed by atoms with Crippen molar-refractivity contribution in [3.8, 4) is 0 Å². The first-order valence-corrected chi connectivity index (χ1v) is 10.4. The van der Waals surface area contributed by atoms with Gasteiger partial charge in [0, 0.05) is 37.4 Å². The highest BCUT2D eigenvalue weighted by Gasteiger charge is 2.37. The Bertz CT molecular complexity index is 611. The van der Waals surface area contributed by atoms with Crippen LogP contribution in [0.15, 0.2) is 5.10 Å². The number of hydrogen-bond donors (Lipinski definition) is 0. The fourth-order valence-electron chi connectivity index (χ4n) is 2.93. The Labute approximate surface area is 134 Å². The van der Waals surface area contributed by atoms with Crippen LogP contribution in [0, 0.1) is 0 Å². The molecule has 0 aromatic carbocycles. The number of hydrogen-bond acceptors (Lipinski definition) is 6. The summed E-state index contributed by atoms with van der Waals surface area (Å²) in [4.78, 5) is 26.3. The molecule has 0 spiro atoms. The number of amides is 2. The summed E-state index contributed by atoms with van der Waals surface area (Å²) in [5.41, 5.74) is 0.385. The summed E-state index contributed by atoms with van der Waals surface area (Å²) in [6.07, 6.45) is 0.973. The largest absolute Gasteiger partial charge is 0.336 e. The number of carbonyl (C=O) groups excluding carboxylic acids is 2. The highest BCUT2D eigenvalue weighted by molar-refractivity contribution is 7.99. The van der Waals surface area contributed by atoms with Crippen molar-refractivity contribution in [2.45, 2.75) is 25.3 Å². The van der Waals surface area contributed by atoms with Crippen molar-refractivity contribution in [3.05, 3.63) is 0 Å². The van der Waals surface area contributed by atoms with E-state index in [0.717, 1.165) is 11.5 Å². The second kappa shape index (κ2) is 6.19. The van der Waals surface area contributed by atoms with Gasteiger partial charge in [0.15, 0.2) is 9.84 Å². The molecule has 3 aliphatic heterocycles. The quantitative estimate of drug-likeness (QED) is 0.687. The summed E-state index contributed by atoms with van der Waals surface area (Å²) in [5, 5.41) is 5.47. The van der Waals surface area contributed by atoms with Crippen molar-refractivity contribution in [2.75, 3.05) is 36.1 Å². The predicted octanol–water partition coefficient (Wildman–Crippen LogP) is -0.273. The molecule has 3 aliphatic rings. The van der Waals surface area contributed by atoms with Gasteiger partial charge in [-0.3, -0.25) is 9.59 Å². The molecule has 0 bridgehead atoms. The maximum Gasteiger partial charge on any atom is 0.270 e. The van der Waals surface area contributed by atoms with E-state index in [-0.39, 0.29) is 29.7 Å². The predicted molar refractivity (Wildman–Crippen MR) is 84.5 cm³/mol. The van der Waals surface area contributed by atoms with Crippen LogP contribution in [0.3, 0.4) is 0 Å². The maximum absolute atomic E-state index is 12.5. The summed E-state index contributed by atoms with van der Waals surface area (Å²) >= 11 is 1.82. The number of rotatable bonds is 2. The molecule has 2 fully saturated rings. The van der Waals surface area contributed by atoms with Gasteiger partial charge in [0.2, 0.25) is 5.91 Å². The molecule has 3 heterocycles. The van der Waals surface area contributed by atoms with Gasteiger partial charge < -0.3 is 4.90 Å². The maximum atomic E-state index is 12.5. The van der Waals surface area contributed by atoms with Crippen molar-refractivity contribution in [2.24, 2.45) is 5.10 Å². The molecule has 122 valence electrons. The SMILES string of the molecule is O=C(C1=NN(C2CCS(=O)(=O)C2)C(=O)CC1)N1CCSCC1. The van der Waals surface area contributed by atoms with Crippen LogP contribution in [0.5, 0.6) is 0 Å². The van der Waals surface area contributed by atoms with Crippen LogP contribution in [-0.2, 0) is 19.4 Å². The van der Waals surface area contributed by atoms with Crippen LogP contribution in [0.4, 0.5) is 0 Å². The van der Waals surface area contributed by atoms with E-state index >= 15 is 0 Å². The Morgan fingerprint density at radius 2 is 1.95 bits per heavy atom. The molecule has 2 amide bonds. The van der Waals surface area contributed by atoms with Crippen molar-refractivity contribution >= 4 is 39.1 Å². The summed E-state index contributed by atoms with van der Waals surface area (Å²) < 4.78 is 23.2. The molecule has 0 aliphatic carbocycles. The Balaban J connectivity index is 1.76. The zero-order valence-electron chi connectivity index (χ0n) is 12.2. The van der Waals surface area contributed by atoms with Gasteiger partial charge in [-0.15, -0.1) is 0 Å². The van der Waals surface area contributed by atoms with Gasteiger partial charge in [0.05, 0.1) is 17.5 Å². The van der Waals surface area contributed by atoms with E-state index in [1.807, 2.05) is 11.8 Å². The average Bonchev–Trinajstić information content (AvgIpc) is 2.88. The Morgan fingerprint density at radius 1 is 1.23 bits per heavy atom. The van der Waals surface area contributed by atoms with Crippen LogP contribution in [0.1, 0.15) is 19.3 Å². The molecule has 9 heteroatoms. The van der Waals surface area contributed by atoms with Crippen LogP contribution >= 0.6 is 11.8 Å². The minimum atomic E-state index is -3.09. The molecule has 3 rings (SSSR count). The molecule has 7 nitrogen and oxygen atoms in total. The van der Waals surface area contributed by atoms with Crippen LogP contribution in [0.25, 0.3) is 0 Å². The van der Waals surface area contributed by atoms with E-state index in [4.69, 9.17) is 0 Å². The zero-order valence-corrected chi connectivity index (χ0v) is 13.9. The third-order valence-electron chi connectivity index (χ3n) is 4.16. The normalized spacial score (nSPS) is 28.6. The zero-order chi connectivity index (χ0) is 15.7. The lowest BCUT2D eigenvalue weighted by Gasteiger charge is -2.31. The second-order valence-corrected chi connectivity index (χ2v) is 9.20. The Hall–Kier alpha value is -1.09. The highest BCUT2D eigenvalue weighted by Crippen LogP contribution is 2.23. The smallest absolute Gasteiger partial charge is 0.270 e. The molecule has 1 atom stereocenters. The van der Waals surface area contributed by atoms with E-state index < -0.39 is 15.9 Å². The van der Waals surface area contributed by atoms with Crippen molar-refractivity contribution in [1.82, 2.24) is 9.91 Å². The van der Waals surface area contributed by atoms with E-state index in [0.29, 0.717) is 31.6 Å². The summed E-state index contributed by atoms with van der Waals surface area (Å²) in [6, 6.07) is -0.419. The van der Waals surface area contributed by atoms with Crippen LogP contribution in [-0.4, -0.2) is 78.0 Å². The minimum Gasteiger partial charge on any atom is -0.336 e. The Kier molecular flexibility index (Phi) is 4.44. The number of thioether (sulfide) groups is 1. The van der Waals surface area contributed by atoms with E-state index in [1.165, 1.54) is 5.01 Å². The molecule has 22 heavy (non-hydrogen) atoms. The topological polar surface area (TPSA) is 87.1 Å². The monoisotopic (exact) mass is 345 g/mol. The summed E-state index contributed by atoms with van der Waals surface area (Å²) in [6.45, 7) is 1.41. The molecule has 0 aromatic rings. The van der Waals surface area contributed by atoms with Crippen molar-refractivity contribution in [3.63, 3.8) is 0 Å². The standard InChI is InChI=1S/C13H19N3O4S2/c17-12-2-1-11(13(18)15-4-6-21-7-5-15)14-16(12)10-3-8-22(19,20)9-10/h10H,1-9H2. The summed E-state index contributed by atoms with van der Waals surface area (Å²) in [5.74, 6) is 1.57. The lowest BCUT2D eigenvalue weighted by Crippen LogP contribution is -2.46. The van der Waals surface area contributed by atoms with Gasteiger partial charge in [-0.1, -0.05) is 0 Å². The van der Waals surface area contributed by atoms with Gasteiger partial charge in [0.25, 0.3) is 5.91 Å². The van der Waals surface area contributed by atoms with Crippen molar-refractivity contribution in [1.29, 1.82) is 0 Å². The molecule has 2 saturated heterocycles. The average molecular weight is 345 g/mol. The van der Waals surface area contributed by atoms with E-state index in [9.17, 15) is 18.0 Å².